The molecule has 0 saturated heterocycles. The van der Waals surface area contributed by atoms with Gasteiger partial charge >= 0.3 is 5.97 Å². The van der Waals surface area contributed by atoms with Gasteiger partial charge in [0.2, 0.25) is 5.91 Å². The number of benzene rings is 1. The average molecular weight is 277 g/mol. The molecule has 0 aliphatic heterocycles. The first-order valence-electron chi connectivity index (χ1n) is 7.01. The second-order valence-corrected chi connectivity index (χ2v) is 4.91. The van der Waals surface area contributed by atoms with E-state index < -0.39 is 12.0 Å². The third-order valence-corrected chi connectivity index (χ3v) is 3.14. The molecule has 1 amide bonds. The molecule has 0 aliphatic carbocycles. The molecule has 0 aliphatic rings. The molecule has 1 rings (SSSR count). The van der Waals surface area contributed by atoms with Gasteiger partial charge in [0, 0.05) is 0 Å². The number of nitrogens with one attached hydrogen (secondary N) is 1. The zero-order valence-electron chi connectivity index (χ0n) is 12.4. The van der Waals surface area contributed by atoms with Crippen LogP contribution in [0.15, 0.2) is 24.3 Å². The lowest BCUT2D eigenvalue weighted by Crippen LogP contribution is -2.39. The molecule has 0 aromatic heterocycles. The Morgan fingerprint density at radius 3 is 2.35 bits per heavy atom. The minimum absolute atomic E-state index is 0.177. The quantitative estimate of drug-likeness (QED) is 0.778. The summed E-state index contributed by atoms with van der Waals surface area (Å²) in [7, 11) is 1.31. The Balaban J connectivity index is 2.47. The van der Waals surface area contributed by atoms with Crippen LogP contribution in [0.1, 0.15) is 37.8 Å². The molecule has 20 heavy (non-hydrogen) atoms. The number of aryl methyl sites for hydroxylation is 1. The molecule has 1 atom stereocenters. The number of methoxy groups -OCH3 is 1. The van der Waals surface area contributed by atoms with Crippen molar-refractivity contribution in [2.45, 2.75) is 45.6 Å². The van der Waals surface area contributed by atoms with E-state index >= 15 is 0 Å². The molecular weight excluding hydrogens is 254 g/mol. The van der Waals surface area contributed by atoms with Crippen LogP contribution in [0.3, 0.4) is 0 Å². The number of rotatable bonds is 7. The minimum Gasteiger partial charge on any atom is -0.467 e. The summed E-state index contributed by atoms with van der Waals surface area (Å²) in [4.78, 5) is 23.0. The van der Waals surface area contributed by atoms with Crippen molar-refractivity contribution in [3.63, 3.8) is 0 Å². The van der Waals surface area contributed by atoms with Gasteiger partial charge in [0.1, 0.15) is 6.04 Å². The summed E-state index contributed by atoms with van der Waals surface area (Å²) >= 11 is 0. The lowest BCUT2D eigenvalue weighted by Gasteiger charge is -2.11. The lowest BCUT2D eigenvalue weighted by atomic mass is 10.0. The van der Waals surface area contributed by atoms with Crippen LogP contribution in [0.25, 0.3) is 0 Å². The van der Waals surface area contributed by atoms with Gasteiger partial charge in [0.25, 0.3) is 0 Å². The van der Waals surface area contributed by atoms with Crippen LogP contribution in [0.5, 0.6) is 0 Å². The molecule has 1 unspecified atom stereocenters. The van der Waals surface area contributed by atoms with Crippen LogP contribution in [0.4, 0.5) is 0 Å². The van der Waals surface area contributed by atoms with Crippen molar-refractivity contribution in [2.24, 2.45) is 0 Å². The highest BCUT2D eigenvalue weighted by Gasteiger charge is 2.15. The largest absolute Gasteiger partial charge is 0.467 e. The predicted molar refractivity (Wildman–Crippen MR) is 78.4 cm³/mol. The number of amides is 1. The number of esters is 1. The molecule has 0 radical (unpaired) electrons. The molecular formula is C16H23NO3. The normalized spacial score (nSPS) is 11.8. The Kier molecular flexibility index (Phi) is 6.77. The minimum atomic E-state index is -0.615. The van der Waals surface area contributed by atoms with Crippen LogP contribution in [0.2, 0.25) is 0 Å². The second kappa shape index (κ2) is 8.35. The SMILES string of the molecule is CCCCc1ccc(CC(=O)NC(C)C(=O)OC)cc1. The molecule has 1 aromatic rings. The van der Waals surface area contributed by atoms with E-state index in [2.05, 4.69) is 29.1 Å². The van der Waals surface area contributed by atoms with Gasteiger partial charge < -0.3 is 10.1 Å². The zero-order chi connectivity index (χ0) is 15.0. The van der Waals surface area contributed by atoms with E-state index in [1.807, 2.05) is 12.1 Å². The van der Waals surface area contributed by atoms with Crippen molar-refractivity contribution >= 4 is 11.9 Å². The summed E-state index contributed by atoms with van der Waals surface area (Å²) in [6.45, 7) is 3.78. The summed E-state index contributed by atoms with van der Waals surface area (Å²) < 4.78 is 4.56. The fourth-order valence-electron chi connectivity index (χ4n) is 1.92. The molecule has 4 heteroatoms. The summed E-state index contributed by atoms with van der Waals surface area (Å²) in [6.07, 6.45) is 3.70. The highest BCUT2D eigenvalue weighted by molar-refractivity contribution is 5.85. The first-order chi connectivity index (χ1) is 9.56. The van der Waals surface area contributed by atoms with Crippen molar-refractivity contribution in [3.8, 4) is 0 Å². The van der Waals surface area contributed by atoms with E-state index in [-0.39, 0.29) is 12.3 Å². The molecule has 0 saturated carbocycles. The van der Waals surface area contributed by atoms with E-state index in [1.54, 1.807) is 6.92 Å². The van der Waals surface area contributed by atoms with Crippen LogP contribution in [-0.4, -0.2) is 25.0 Å². The van der Waals surface area contributed by atoms with Crippen molar-refractivity contribution in [1.29, 1.82) is 0 Å². The molecule has 0 bridgehead atoms. The molecule has 0 spiro atoms. The average Bonchev–Trinajstić information content (AvgIpc) is 2.45. The molecule has 1 aromatic carbocycles. The smallest absolute Gasteiger partial charge is 0.328 e. The Bertz CT molecular complexity index is 440. The number of hydrogen-bond acceptors (Lipinski definition) is 3. The number of ether oxygens (including phenoxy) is 1. The van der Waals surface area contributed by atoms with Gasteiger partial charge in [0.15, 0.2) is 0 Å². The van der Waals surface area contributed by atoms with E-state index in [1.165, 1.54) is 25.5 Å². The maximum Gasteiger partial charge on any atom is 0.328 e. The molecule has 1 N–H and O–H groups in total. The summed E-state index contributed by atoms with van der Waals surface area (Å²) in [6, 6.07) is 7.43. The van der Waals surface area contributed by atoms with Crippen molar-refractivity contribution < 1.29 is 14.3 Å². The van der Waals surface area contributed by atoms with E-state index in [9.17, 15) is 9.59 Å². The Morgan fingerprint density at radius 2 is 1.80 bits per heavy atom. The number of hydrogen-bond donors (Lipinski definition) is 1. The van der Waals surface area contributed by atoms with Crippen LogP contribution in [-0.2, 0) is 27.2 Å². The summed E-state index contributed by atoms with van der Waals surface area (Å²) in [5.41, 5.74) is 2.23. The Morgan fingerprint density at radius 1 is 1.20 bits per heavy atom. The van der Waals surface area contributed by atoms with E-state index in [4.69, 9.17) is 0 Å². The van der Waals surface area contributed by atoms with Gasteiger partial charge in [-0.15, -0.1) is 0 Å². The number of carbonyl (C=O) groups is 2. The number of carbonyl (C=O) groups excluding carboxylic acids is 2. The highest BCUT2D eigenvalue weighted by atomic mass is 16.5. The first kappa shape index (κ1) is 16.2. The maximum atomic E-state index is 11.8. The van der Waals surface area contributed by atoms with Crippen LogP contribution in [0, 0.1) is 0 Å². The van der Waals surface area contributed by atoms with Gasteiger partial charge in [-0.2, -0.15) is 0 Å². The highest BCUT2D eigenvalue weighted by Crippen LogP contribution is 2.08. The third kappa shape index (κ3) is 5.43. The van der Waals surface area contributed by atoms with Crippen LogP contribution < -0.4 is 5.32 Å². The standard InChI is InChI=1S/C16H23NO3/c1-4-5-6-13-7-9-14(10-8-13)11-15(18)17-12(2)16(19)20-3/h7-10,12H,4-6,11H2,1-3H3,(H,17,18). The Hall–Kier alpha value is -1.84. The van der Waals surface area contributed by atoms with Gasteiger partial charge in [-0.1, -0.05) is 37.6 Å². The van der Waals surface area contributed by atoms with Gasteiger partial charge in [-0.05, 0) is 30.9 Å². The summed E-state index contributed by atoms with van der Waals surface area (Å²) in [5.74, 6) is -0.613. The van der Waals surface area contributed by atoms with Gasteiger partial charge in [-0.3, -0.25) is 4.79 Å². The Labute approximate surface area is 120 Å². The lowest BCUT2D eigenvalue weighted by molar-refractivity contribution is -0.144. The molecule has 0 fully saturated rings. The van der Waals surface area contributed by atoms with Crippen LogP contribution >= 0.6 is 0 Å². The zero-order valence-corrected chi connectivity index (χ0v) is 12.4. The third-order valence-electron chi connectivity index (χ3n) is 3.14. The topological polar surface area (TPSA) is 55.4 Å². The van der Waals surface area contributed by atoms with Crippen molar-refractivity contribution in [3.05, 3.63) is 35.4 Å². The first-order valence-corrected chi connectivity index (χ1v) is 7.01. The molecule has 110 valence electrons. The van der Waals surface area contributed by atoms with E-state index in [0.29, 0.717) is 0 Å². The van der Waals surface area contributed by atoms with Gasteiger partial charge in [-0.25, -0.2) is 4.79 Å². The molecule has 0 heterocycles. The number of unbranched alkanes of at least 4 members (excludes halogenated alkanes) is 1. The van der Waals surface area contributed by atoms with E-state index in [0.717, 1.165) is 12.0 Å². The fourth-order valence-corrected chi connectivity index (χ4v) is 1.92. The van der Waals surface area contributed by atoms with Gasteiger partial charge in [0.05, 0.1) is 13.5 Å². The summed E-state index contributed by atoms with van der Waals surface area (Å²) in [5, 5.41) is 2.61. The monoisotopic (exact) mass is 277 g/mol. The van der Waals surface area contributed by atoms with Crippen molar-refractivity contribution in [1.82, 2.24) is 5.32 Å². The maximum absolute atomic E-state index is 11.8. The molecule has 4 nitrogen and oxygen atoms in total. The fraction of sp³-hybridized carbons (Fsp3) is 0.500. The predicted octanol–water partition coefficient (Wildman–Crippen LogP) is 2.25. The second-order valence-electron chi connectivity index (χ2n) is 4.91. The van der Waals surface area contributed by atoms with Crippen molar-refractivity contribution in [2.75, 3.05) is 7.11 Å².